The molecule has 25 heavy (non-hydrogen) atoms. The first kappa shape index (κ1) is 18.2. The molecule has 3 aromatic rings. The van der Waals surface area contributed by atoms with E-state index in [1.54, 1.807) is 24.4 Å². The molecule has 128 valence electrons. The number of anilines is 1. The van der Waals surface area contributed by atoms with Gasteiger partial charge in [-0.2, -0.15) is 0 Å². The number of rotatable bonds is 5. The van der Waals surface area contributed by atoms with Crippen LogP contribution in [0.5, 0.6) is 0 Å². The van der Waals surface area contributed by atoms with Crippen molar-refractivity contribution in [2.75, 3.05) is 5.32 Å². The average molecular weight is 487 g/mol. The summed E-state index contributed by atoms with van der Waals surface area (Å²) in [6.07, 6.45) is 2.28. The normalized spacial score (nSPS) is 10.7. The molecule has 4 nitrogen and oxygen atoms in total. The maximum atomic E-state index is 12.1. The van der Waals surface area contributed by atoms with Gasteiger partial charge < -0.3 is 9.73 Å². The lowest BCUT2D eigenvalue weighted by atomic mass is 10.2. The molecule has 1 heterocycles. The molecule has 1 N–H and O–H groups in total. The minimum Gasteiger partial charge on any atom is -0.441 e. The smallest absolute Gasteiger partial charge is 0.224 e. The zero-order valence-corrected chi connectivity index (χ0v) is 16.6. The summed E-state index contributed by atoms with van der Waals surface area (Å²) in [5.41, 5.74) is 1.52. The molecule has 0 fully saturated rings. The molecule has 0 radical (unpaired) electrons. The summed E-state index contributed by atoms with van der Waals surface area (Å²) in [6.45, 7) is 0. The Morgan fingerprint density at radius 1 is 1.20 bits per heavy atom. The molecule has 0 spiro atoms. The van der Waals surface area contributed by atoms with Crippen molar-refractivity contribution in [1.29, 1.82) is 0 Å². The maximum absolute atomic E-state index is 12.1. The standard InChI is InChI=1S/C18H13Cl2IN2O2/c19-11-5-6-12(13(20)9-11)16-10-22-18(25-16)8-7-17(24)23-15-4-2-1-3-14(15)21/h1-6,9-10H,7-8H2,(H,23,24). The zero-order chi connectivity index (χ0) is 17.8. The number of hydrogen-bond acceptors (Lipinski definition) is 3. The highest BCUT2D eigenvalue weighted by molar-refractivity contribution is 14.1. The van der Waals surface area contributed by atoms with E-state index in [0.717, 1.165) is 9.26 Å². The van der Waals surface area contributed by atoms with Crippen molar-refractivity contribution in [3.05, 3.63) is 68.2 Å². The van der Waals surface area contributed by atoms with E-state index in [1.807, 2.05) is 24.3 Å². The molecule has 0 aliphatic heterocycles. The Morgan fingerprint density at radius 2 is 2.00 bits per heavy atom. The van der Waals surface area contributed by atoms with E-state index in [9.17, 15) is 4.79 Å². The van der Waals surface area contributed by atoms with Crippen LogP contribution in [0.3, 0.4) is 0 Å². The van der Waals surface area contributed by atoms with Crippen molar-refractivity contribution >= 4 is 57.4 Å². The van der Waals surface area contributed by atoms with Crippen LogP contribution in [0.4, 0.5) is 5.69 Å². The fraction of sp³-hybridized carbons (Fsp3) is 0.111. The quantitative estimate of drug-likeness (QED) is 0.462. The largest absolute Gasteiger partial charge is 0.441 e. The summed E-state index contributed by atoms with van der Waals surface area (Å²) < 4.78 is 6.68. The monoisotopic (exact) mass is 486 g/mol. The first-order valence-corrected chi connectivity index (χ1v) is 9.31. The lowest BCUT2D eigenvalue weighted by molar-refractivity contribution is -0.116. The van der Waals surface area contributed by atoms with Crippen LogP contribution in [0.15, 0.2) is 53.1 Å². The van der Waals surface area contributed by atoms with Crippen molar-refractivity contribution in [3.8, 4) is 11.3 Å². The van der Waals surface area contributed by atoms with E-state index < -0.39 is 0 Å². The Labute approximate surface area is 168 Å². The second kappa shape index (κ2) is 8.21. The summed E-state index contributed by atoms with van der Waals surface area (Å²) in [6, 6.07) is 12.8. The number of aryl methyl sites for hydroxylation is 1. The van der Waals surface area contributed by atoms with Gasteiger partial charge in [0.25, 0.3) is 0 Å². The van der Waals surface area contributed by atoms with E-state index in [0.29, 0.717) is 33.7 Å². The van der Waals surface area contributed by atoms with Crippen LogP contribution in [-0.4, -0.2) is 10.9 Å². The van der Waals surface area contributed by atoms with E-state index in [-0.39, 0.29) is 12.3 Å². The van der Waals surface area contributed by atoms with E-state index >= 15 is 0 Å². The highest BCUT2D eigenvalue weighted by Gasteiger charge is 2.12. The number of amides is 1. The van der Waals surface area contributed by atoms with Crippen LogP contribution in [0, 0.1) is 3.57 Å². The minimum atomic E-state index is -0.0895. The molecule has 0 unspecified atom stereocenters. The van der Waals surface area contributed by atoms with E-state index in [4.69, 9.17) is 27.6 Å². The van der Waals surface area contributed by atoms with Gasteiger partial charge in [0.05, 0.1) is 16.9 Å². The fourth-order valence-corrected chi connectivity index (χ4v) is 3.26. The Balaban J connectivity index is 1.62. The maximum Gasteiger partial charge on any atom is 0.224 e. The number of carbonyl (C=O) groups excluding carboxylic acids is 1. The van der Waals surface area contributed by atoms with Gasteiger partial charge >= 0.3 is 0 Å². The van der Waals surface area contributed by atoms with Gasteiger partial charge in [0.1, 0.15) is 0 Å². The number of carbonyl (C=O) groups is 1. The van der Waals surface area contributed by atoms with Crippen molar-refractivity contribution in [3.63, 3.8) is 0 Å². The van der Waals surface area contributed by atoms with Gasteiger partial charge in [-0.15, -0.1) is 0 Å². The molecule has 0 saturated heterocycles. The molecule has 3 rings (SSSR count). The third-order valence-corrected chi connectivity index (χ3v) is 4.95. The summed E-state index contributed by atoms with van der Waals surface area (Å²) in [5.74, 6) is 0.946. The number of halogens is 3. The van der Waals surface area contributed by atoms with E-state index in [1.165, 1.54) is 0 Å². The number of aromatic nitrogens is 1. The summed E-state index contributed by atoms with van der Waals surface area (Å²) in [5, 5.41) is 3.93. The molecule has 1 aromatic heterocycles. The SMILES string of the molecule is O=C(CCc1ncc(-c2ccc(Cl)cc2Cl)o1)Nc1ccccc1I. The lowest BCUT2D eigenvalue weighted by Gasteiger charge is -2.06. The van der Waals surface area contributed by atoms with Gasteiger partial charge in [0, 0.05) is 27.0 Å². The third-order valence-electron chi connectivity index (χ3n) is 3.46. The number of hydrogen-bond donors (Lipinski definition) is 1. The number of nitrogens with one attached hydrogen (secondary N) is 1. The summed E-state index contributed by atoms with van der Waals surface area (Å²) >= 11 is 14.2. The van der Waals surface area contributed by atoms with Gasteiger partial charge in [0.2, 0.25) is 5.91 Å². The average Bonchev–Trinajstić information content (AvgIpc) is 3.04. The van der Waals surface area contributed by atoms with Crippen LogP contribution < -0.4 is 5.32 Å². The highest BCUT2D eigenvalue weighted by atomic mass is 127. The Morgan fingerprint density at radius 3 is 2.76 bits per heavy atom. The predicted molar refractivity (Wildman–Crippen MR) is 108 cm³/mol. The third kappa shape index (κ3) is 4.74. The molecule has 0 aliphatic rings. The summed E-state index contributed by atoms with van der Waals surface area (Å²) in [7, 11) is 0. The molecule has 0 atom stereocenters. The highest BCUT2D eigenvalue weighted by Crippen LogP contribution is 2.30. The van der Waals surface area contributed by atoms with Crippen molar-refractivity contribution < 1.29 is 9.21 Å². The molecule has 2 aromatic carbocycles. The molecule has 1 amide bonds. The minimum absolute atomic E-state index is 0.0895. The Hall–Kier alpha value is -1.57. The fourth-order valence-electron chi connectivity index (χ4n) is 2.24. The predicted octanol–water partition coefficient (Wildman–Crippen LogP) is 5.82. The topological polar surface area (TPSA) is 55.1 Å². The molecule has 0 aliphatic carbocycles. The Bertz CT molecular complexity index is 912. The second-order valence-corrected chi connectivity index (χ2v) is 7.28. The number of nitrogens with zero attached hydrogens (tertiary/aromatic N) is 1. The van der Waals surface area contributed by atoms with Crippen LogP contribution in [-0.2, 0) is 11.2 Å². The van der Waals surface area contributed by atoms with Gasteiger partial charge in [-0.1, -0.05) is 35.3 Å². The molecule has 7 heteroatoms. The lowest BCUT2D eigenvalue weighted by Crippen LogP contribution is -2.13. The summed E-state index contributed by atoms with van der Waals surface area (Å²) in [4.78, 5) is 16.3. The number of benzene rings is 2. The van der Waals surface area contributed by atoms with Gasteiger partial charge in [-0.25, -0.2) is 4.98 Å². The van der Waals surface area contributed by atoms with Crippen molar-refractivity contribution in [2.45, 2.75) is 12.8 Å². The number of para-hydroxylation sites is 1. The van der Waals surface area contributed by atoms with Crippen molar-refractivity contribution in [1.82, 2.24) is 4.98 Å². The van der Waals surface area contributed by atoms with Crippen LogP contribution >= 0.6 is 45.8 Å². The Kier molecular flexibility index (Phi) is 5.98. The van der Waals surface area contributed by atoms with Gasteiger partial charge in [-0.05, 0) is 52.9 Å². The molecular formula is C18H13Cl2IN2O2. The number of oxazole rings is 1. The van der Waals surface area contributed by atoms with Gasteiger partial charge in [-0.3, -0.25) is 4.79 Å². The first-order chi connectivity index (χ1) is 12.0. The van der Waals surface area contributed by atoms with E-state index in [2.05, 4.69) is 32.9 Å². The molecular weight excluding hydrogens is 474 g/mol. The first-order valence-electron chi connectivity index (χ1n) is 7.47. The van der Waals surface area contributed by atoms with Crippen LogP contribution in [0.25, 0.3) is 11.3 Å². The van der Waals surface area contributed by atoms with Gasteiger partial charge in [0.15, 0.2) is 11.7 Å². The van der Waals surface area contributed by atoms with Crippen LogP contribution in [0.2, 0.25) is 10.0 Å². The molecule has 0 saturated carbocycles. The zero-order valence-electron chi connectivity index (χ0n) is 12.9. The molecule has 0 bridgehead atoms. The van der Waals surface area contributed by atoms with Crippen molar-refractivity contribution in [2.24, 2.45) is 0 Å². The van der Waals surface area contributed by atoms with Crippen LogP contribution in [0.1, 0.15) is 12.3 Å². The second-order valence-electron chi connectivity index (χ2n) is 5.27.